The lowest BCUT2D eigenvalue weighted by atomic mass is 10.2. The van der Waals surface area contributed by atoms with Crippen LogP contribution in [0, 0.1) is 5.82 Å². The van der Waals surface area contributed by atoms with Crippen molar-refractivity contribution in [1.82, 2.24) is 4.98 Å². The van der Waals surface area contributed by atoms with Crippen molar-refractivity contribution in [3.63, 3.8) is 0 Å². The summed E-state index contributed by atoms with van der Waals surface area (Å²) in [5, 5.41) is -0.0759. The molecule has 0 saturated heterocycles. The first-order valence-corrected chi connectivity index (χ1v) is 4.46. The third-order valence-corrected chi connectivity index (χ3v) is 1.97. The summed E-state index contributed by atoms with van der Waals surface area (Å²) in [6, 6.07) is 0. The highest BCUT2D eigenvalue weighted by Gasteiger charge is 2.11. The minimum atomic E-state index is -0.631. The number of pyridine rings is 1. The van der Waals surface area contributed by atoms with Gasteiger partial charge in [0.1, 0.15) is 0 Å². The van der Waals surface area contributed by atoms with Crippen LogP contribution in [0.1, 0.15) is 12.5 Å². The van der Waals surface area contributed by atoms with Crippen molar-refractivity contribution >= 4 is 17.6 Å². The van der Waals surface area contributed by atoms with Crippen LogP contribution in [0.3, 0.4) is 0 Å². The Morgan fingerprint density at radius 2 is 2.36 bits per heavy atom. The van der Waals surface area contributed by atoms with Crippen LogP contribution in [-0.2, 0) is 16.0 Å². The first kappa shape index (κ1) is 10.9. The average molecular weight is 218 g/mol. The third-order valence-electron chi connectivity index (χ3n) is 1.55. The Labute approximate surface area is 85.9 Å². The fourth-order valence-corrected chi connectivity index (χ4v) is 1.11. The number of hydrogen-bond donors (Lipinski definition) is 0. The molecule has 0 aliphatic rings. The Bertz CT molecular complexity index is 344. The van der Waals surface area contributed by atoms with Crippen LogP contribution in [0.5, 0.6) is 0 Å². The van der Waals surface area contributed by atoms with Gasteiger partial charge in [-0.25, -0.2) is 4.39 Å². The van der Waals surface area contributed by atoms with E-state index in [9.17, 15) is 9.18 Å². The van der Waals surface area contributed by atoms with Gasteiger partial charge in [0.2, 0.25) is 0 Å². The number of nitrogens with zero attached hydrogens (tertiary/aromatic N) is 1. The van der Waals surface area contributed by atoms with Crippen LogP contribution in [0.25, 0.3) is 0 Å². The molecule has 0 radical (unpaired) electrons. The largest absolute Gasteiger partial charge is 0.466 e. The van der Waals surface area contributed by atoms with E-state index in [1.807, 2.05) is 0 Å². The Kier molecular flexibility index (Phi) is 3.83. The molecule has 0 saturated carbocycles. The summed E-state index contributed by atoms with van der Waals surface area (Å²) in [5.74, 6) is -1.07. The summed E-state index contributed by atoms with van der Waals surface area (Å²) in [4.78, 5) is 14.6. The maximum Gasteiger partial charge on any atom is 0.310 e. The SMILES string of the molecule is CCOC(=O)Cc1cncc(F)c1Cl. The van der Waals surface area contributed by atoms with Crippen molar-refractivity contribution < 1.29 is 13.9 Å². The molecule has 0 spiro atoms. The second-order valence-electron chi connectivity index (χ2n) is 2.58. The molecule has 0 N–H and O–H groups in total. The predicted octanol–water partition coefficient (Wildman–Crippen LogP) is 1.98. The van der Waals surface area contributed by atoms with Crippen molar-refractivity contribution in [2.45, 2.75) is 13.3 Å². The Morgan fingerprint density at radius 3 is 3.00 bits per heavy atom. The molecule has 0 amide bonds. The molecule has 0 bridgehead atoms. The van der Waals surface area contributed by atoms with E-state index in [1.165, 1.54) is 6.20 Å². The van der Waals surface area contributed by atoms with Crippen LogP contribution in [0.2, 0.25) is 5.02 Å². The van der Waals surface area contributed by atoms with E-state index in [0.29, 0.717) is 12.2 Å². The number of carbonyl (C=O) groups excluding carboxylic acids is 1. The summed E-state index contributed by atoms with van der Waals surface area (Å²) in [6.45, 7) is 1.99. The monoisotopic (exact) mass is 217 g/mol. The summed E-state index contributed by atoms with van der Waals surface area (Å²) >= 11 is 5.61. The van der Waals surface area contributed by atoms with Gasteiger partial charge in [0.15, 0.2) is 5.82 Å². The quantitative estimate of drug-likeness (QED) is 0.727. The molecule has 0 atom stereocenters. The first-order valence-electron chi connectivity index (χ1n) is 4.08. The van der Waals surface area contributed by atoms with Gasteiger partial charge in [-0.1, -0.05) is 11.6 Å². The van der Waals surface area contributed by atoms with Crippen LogP contribution >= 0.6 is 11.6 Å². The average Bonchev–Trinajstić information content (AvgIpc) is 2.13. The molecule has 3 nitrogen and oxygen atoms in total. The molecule has 5 heteroatoms. The van der Waals surface area contributed by atoms with Gasteiger partial charge in [-0.3, -0.25) is 9.78 Å². The topological polar surface area (TPSA) is 39.2 Å². The zero-order chi connectivity index (χ0) is 10.6. The van der Waals surface area contributed by atoms with Crippen molar-refractivity contribution in [3.05, 3.63) is 28.8 Å². The molecule has 0 fully saturated rings. The number of ether oxygens (including phenoxy) is 1. The summed E-state index contributed by atoms with van der Waals surface area (Å²) in [7, 11) is 0. The molecule has 0 unspecified atom stereocenters. The second kappa shape index (κ2) is 4.91. The van der Waals surface area contributed by atoms with Gasteiger partial charge in [-0.15, -0.1) is 0 Å². The maximum absolute atomic E-state index is 12.9. The van der Waals surface area contributed by atoms with Crippen molar-refractivity contribution in [3.8, 4) is 0 Å². The Balaban J connectivity index is 2.76. The van der Waals surface area contributed by atoms with Crippen LogP contribution in [0.4, 0.5) is 4.39 Å². The highest BCUT2D eigenvalue weighted by molar-refractivity contribution is 6.31. The molecule has 1 aromatic heterocycles. The van der Waals surface area contributed by atoms with E-state index in [2.05, 4.69) is 4.98 Å². The minimum Gasteiger partial charge on any atom is -0.466 e. The van der Waals surface area contributed by atoms with Gasteiger partial charge in [0, 0.05) is 11.8 Å². The summed E-state index contributed by atoms with van der Waals surface area (Å²) < 4.78 is 17.6. The zero-order valence-electron chi connectivity index (χ0n) is 7.59. The number of rotatable bonds is 3. The van der Waals surface area contributed by atoms with E-state index in [-0.39, 0.29) is 11.4 Å². The fraction of sp³-hybridized carbons (Fsp3) is 0.333. The fourth-order valence-electron chi connectivity index (χ4n) is 0.950. The molecule has 0 aliphatic carbocycles. The predicted molar refractivity (Wildman–Crippen MR) is 49.5 cm³/mol. The Morgan fingerprint density at radius 1 is 1.64 bits per heavy atom. The smallest absolute Gasteiger partial charge is 0.310 e. The lowest BCUT2D eigenvalue weighted by molar-refractivity contribution is -0.142. The first-order chi connectivity index (χ1) is 6.65. The van der Waals surface area contributed by atoms with Crippen molar-refractivity contribution in [2.75, 3.05) is 6.61 Å². The van der Waals surface area contributed by atoms with Crippen molar-refractivity contribution in [2.24, 2.45) is 0 Å². The zero-order valence-corrected chi connectivity index (χ0v) is 8.34. The van der Waals surface area contributed by atoms with E-state index in [4.69, 9.17) is 16.3 Å². The van der Waals surface area contributed by atoms with Crippen LogP contribution in [0.15, 0.2) is 12.4 Å². The van der Waals surface area contributed by atoms with Gasteiger partial charge in [-0.05, 0) is 6.92 Å². The molecule has 1 heterocycles. The number of esters is 1. The molecule has 14 heavy (non-hydrogen) atoms. The number of carbonyl (C=O) groups is 1. The molecule has 0 aromatic carbocycles. The summed E-state index contributed by atoms with van der Waals surface area (Å²) in [5.41, 5.74) is 0.338. The molecule has 1 aromatic rings. The van der Waals surface area contributed by atoms with Crippen molar-refractivity contribution in [1.29, 1.82) is 0 Å². The Hall–Kier alpha value is -1.16. The van der Waals surface area contributed by atoms with Gasteiger partial charge >= 0.3 is 5.97 Å². The number of hydrogen-bond acceptors (Lipinski definition) is 3. The van der Waals surface area contributed by atoms with E-state index in [1.54, 1.807) is 6.92 Å². The maximum atomic E-state index is 12.9. The number of aromatic nitrogens is 1. The van der Waals surface area contributed by atoms with Gasteiger partial charge in [0.25, 0.3) is 0 Å². The molecule has 1 rings (SSSR count). The third kappa shape index (κ3) is 2.67. The highest BCUT2D eigenvalue weighted by atomic mass is 35.5. The normalized spacial score (nSPS) is 9.93. The molecule has 0 aliphatic heterocycles. The summed E-state index contributed by atoms with van der Waals surface area (Å²) in [6.07, 6.45) is 2.29. The minimum absolute atomic E-state index is 0.0581. The van der Waals surface area contributed by atoms with E-state index >= 15 is 0 Å². The lowest BCUT2D eigenvalue weighted by Gasteiger charge is -2.03. The standard InChI is InChI=1S/C9H9ClFNO2/c1-2-14-8(13)3-6-4-12-5-7(11)9(6)10/h4-5H,2-3H2,1H3. The van der Waals surface area contributed by atoms with Crippen LogP contribution in [-0.4, -0.2) is 17.6 Å². The molecular weight excluding hydrogens is 209 g/mol. The van der Waals surface area contributed by atoms with E-state index < -0.39 is 11.8 Å². The van der Waals surface area contributed by atoms with Crippen LogP contribution < -0.4 is 0 Å². The lowest BCUT2D eigenvalue weighted by Crippen LogP contribution is -2.08. The van der Waals surface area contributed by atoms with Gasteiger partial charge in [-0.2, -0.15) is 0 Å². The molecular formula is C9H9ClFNO2. The molecule has 76 valence electrons. The van der Waals surface area contributed by atoms with Gasteiger partial charge < -0.3 is 4.74 Å². The van der Waals surface area contributed by atoms with E-state index in [0.717, 1.165) is 6.20 Å². The highest BCUT2D eigenvalue weighted by Crippen LogP contribution is 2.18. The van der Waals surface area contributed by atoms with Gasteiger partial charge in [0.05, 0.1) is 24.2 Å². The number of halogens is 2. The second-order valence-corrected chi connectivity index (χ2v) is 2.95.